The molecule has 0 N–H and O–H groups in total. The number of hydrogen-bond acceptors (Lipinski definition) is 3. The largest absolute Gasteiger partial charge is 0.423 e. The van der Waals surface area contributed by atoms with Crippen LogP contribution in [0, 0.1) is 0 Å². The third kappa shape index (κ3) is 1.38. The zero-order chi connectivity index (χ0) is 7.84. The van der Waals surface area contributed by atoms with Crippen LogP contribution in [0.4, 0.5) is 0 Å². The maximum Gasteiger partial charge on any atom is 0.234 e. The van der Waals surface area contributed by atoms with Gasteiger partial charge in [-0.3, -0.25) is 0 Å². The molecule has 1 saturated carbocycles. The smallest absolute Gasteiger partial charge is 0.234 e. The summed E-state index contributed by atoms with van der Waals surface area (Å²) < 4.78 is 5.31. The van der Waals surface area contributed by atoms with Gasteiger partial charge in [-0.25, -0.2) is 0 Å². The van der Waals surface area contributed by atoms with Gasteiger partial charge in [-0.1, -0.05) is 0 Å². The monoisotopic (exact) mass is 172 g/mol. The van der Waals surface area contributed by atoms with E-state index in [0.717, 1.165) is 5.89 Å². The Labute approximate surface area is 69.8 Å². The van der Waals surface area contributed by atoms with E-state index in [9.17, 15) is 0 Å². The summed E-state index contributed by atoms with van der Waals surface area (Å²) in [6.45, 7) is 1.83. The number of hydrogen-bond donors (Lipinski definition) is 0. The Bertz CT molecular complexity index is 238. The second-order valence-corrected chi connectivity index (χ2v) is 3.52. The molecule has 1 aromatic heterocycles. The highest BCUT2D eigenvalue weighted by Crippen LogP contribution is 2.39. The molecule has 0 aromatic carbocycles. The highest BCUT2D eigenvalue weighted by Gasteiger charge is 2.29. The van der Waals surface area contributed by atoms with Crippen molar-refractivity contribution < 1.29 is 4.42 Å². The van der Waals surface area contributed by atoms with E-state index < -0.39 is 0 Å². The van der Waals surface area contributed by atoms with Gasteiger partial charge in [0, 0.05) is 5.92 Å². The minimum atomic E-state index is -0.171. The fraction of sp³-hybridized carbons (Fsp3) is 0.714. The van der Waals surface area contributed by atoms with Crippen molar-refractivity contribution in [1.82, 2.24) is 10.2 Å². The molecule has 1 aliphatic rings. The van der Waals surface area contributed by atoms with Crippen molar-refractivity contribution >= 4 is 11.6 Å². The highest BCUT2D eigenvalue weighted by atomic mass is 35.5. The summed E-state index contributed by atoms with van der Waals surface area (Å²) in [6, 6.07) is 0. The van der Waals surface area contributed by atoms with Gasteiger partial charge in [-0.15, -0.1) is 21.8 Å². The Morgan fingerprint density at radius 3 is 2.73 bits per heavy atom. The van der Waals surface area contributed by atoms with Gasteiger partial charge < -0.3 is 4.42 Å². The summed E-state index contributed by atoms with van der Waals surface area (Å²) in [5.74, 6) is 1.81. The van der Waals surface area contributed by atoms with Gasteiger partial charge in [0.25, 0.3) is 0 Å². The third-order valence-electron chi connectivity index (χ3n) is 1.72. The molecule has 0 aliphatic heterocycles. The number of nitrogens with zero attached hydrogens (tertiary/aromatic N) is 2. The van der Waals surface area contributed by atoms with Gasteiger partial charge in [0.2, 0.25) is 11.8 Å². The molecule has 1 fully saturated rings. The lowest BCUT2D eigenvalue weighted by Gasteiger charge is -1.91. The predicted molar refractivity (Wildman–Crippen MR) is 40.5 cm³/mol. The van der Waals surface area contributed by atoms with Crippen LogP contribution in [-0.2, 0) is 0 Å². The number of rotatable bonds is 2. The third-order valence-corrected chi connectivity index (χ3v) is 1.91. The number of aromatic nitrogens is 2. The Morgan fingerprint density at radius 2 is 2.27 bits per heavy atom. The Hall–Kier alpha value is -0.570. The van der Waals surface area contributed by atoms with Crippen molar-refractivity contribution in [1.29, 1.82) is 0 Å². The van der Waals surface area contributed by atoms with Crippen LogP contribution in [0.2, 0.25) is 0 Å². The summed E-state index contributed by atoms with van der Waals surface area (Å²) in [6.07, 6.45) is 2.36. The van der Waals surface area contributed by atoms with E-state index in [1.807, 2.05) is 6.92 Å². The molecule has 4 heteroatoms. The Balaban J connectivity index is 2.18. The second-order valence-electron chi connectivity index (χ2n) is 2.87. The molecule has 0 radical (unpaired) electrons. The quantitative estimate of drug-likeness (QED) is 0.643. The highest BCUT2D eigenvalue weighted by molar-refractivity contribution is 6.20. The lowest BCUT2D eigenvalue weighted by Crippen LogP contribution is -1.81. The van der Waals surface area contributed by atoms with E-state index in [4.69, 9.17) is 16.0 Å². The van der Waals surface area contributed by atoms with Crippen LogP contribution in [0.15, 0.2) is 4.42 Å². The summed E-state index contributed by atoms with van der Waals surface area (Å²) in [4.78, 5) is 0. The standard InChI is InChI=1S/C7H9ClN2O/c1-4(8)6-9-10-7(11-6)5-2-3-5/h4-5H,2-3H2,1H3. The van der Waals surface area contributed by atoms with E-state index in [1.54, 1.807) is 0 Å². The molecule has 60 valence electrons. The average molecular weight is 173 g/mol. The molecule has 1 atom stereocenters. The molecular formula is C7H9ClN2O. The maximum atomic E-state index is 5.75. The van der Waals surface area contributed by atoms with Crippen LogP contribution in [-0.4, -0.2) is 10.2 Å². The van der Waals surface area contributed by atoms with Crippen LogP contribution in [0.1, 0.15) is 42.8 Å². The fourth-order valence-electron chi connectivity index (χ4n) is 0.903. The van der Waals surface area contributed by atoms with Gasteiger partial charge in [0.05, 0.1) is 0 Å². The molecule has 1 aliphatic carbocycles. The van der Waals surface area contributed by atoms with Crippen molar-refractivity contribution in [3.63, 3.8) is 0 Å². The minimum absolute atomic E-state index is 0.171. The maximum absolute atomic E-state index is 5.75. The van der Waals surface area contributed by atoms with E-state index in [0.29, 0.717) is 11.8 Å². The predicted octanol–water partition coefficient (Wildman–Crippen LogP) is 2.25. The van der Waals surface area contributed by atoms with Crippen LogP contribution in [0.25, 0.3) is 0 Å². The van der Waals surface area contributed by atoms with E-state index >= 15 is 0 Å². The van der Waals surface area contributed by atoms with Crippen molar-refractivity contribution in [2.45, 2.75) is 31.1 Å². The molecule has 0 spiro atoms. The lowest BCUT2D eigenvalue weighted by molar-refractivity contribution is 0.451. The van der Waals surface area contributed by atoms with E-state index in [-0.39, 0.29) is 5.38 Å². The topological polar surface area (TPSA) is 38.9 Å². The summed E-state index contributed by atoms with van der Waals surface area (Å²) >= 11 is 5.75. The van der Waals surface area contributed by atoms with Crippen molar-refractivity contribution in [2.24, 2.45) is 0 Å². The molecule has 2 rings (SSSR count). The zero-order valence-corrected chi connectivity index (χ0v) is 7.01. The van der Waals surface area contributed by atoms with Gasteiger partial charge in [0.15, 0.2) is 0 Å². The molecule has 0 bridgehead atoms. The first-order chi connectivity index (χ1) is 5.27. The van der Waals surface area contributed by atoms with Crippen LogP contribution in [0.5, 0.6) is 0 Å². The first kappa shape index (κ1) is 7.10. The fourth-order valence-corrected chi connectivity index (χ4v) is 0.991. The first-order valence-electron chi connectivity index (χ1n) is 3.74. The van der Waals surface area contributed by atoms with E-state index in [2.05, 4.69) is 10.2 Å². The molecule has 11 heavy (non-hydrogen) atoms. The van der Waals surface area contributed by atoms with Crippen LogP contribution in [0.3, 0.4) is 0 Å². The molecule has 1 unspecified atom stereocenters. The van der Waals surface area contributed by atoms with Crippen molar-refractivity contribution in [3.05, 3.63) is 11.8 Å². The molecule has 0 amide bonds. The van der Waals surface area contributed by atoms with E-state index in [1.165, 1.54) is 12.8 Å². The van der Waals surface area contributed by atoms with Crippen LogP contribution < -0.4 is 0 Å². The summed E-state index contributed by atoms with van der Waals surface area (Å²) in [5.41, 5.74) is 0. The summed E-state index contributed by atoms with van der Waals surface area (Å²) in [7, 11) is 0. The minimum Gasteiger partial charge on any atom is -0.423 e. The van der Waals surface area contributed by atoms with Crippen LogP contribution >= 0.6 is 11.6 Å². The van der Waals surface area contributed by atoms with Crippen molar-refractivity contribution in [3.8, 4) is 0 Å². The average Bonchev–Trinajstić information content (AvgIpc) is 2.68. The normalized spacial score (nSPS) is 20.2. The Morgan fingerprint density at radius 1 is 1.55 bits per heavy atom. The second kappa shape index (κ2) is 2.48. The summed E-state index contributed by atoms with van der Waals surface area (Å²) in [5, 5.41) is 7.56. The molecule has 1 aromatic rings. The van der Waals surface area contributed by atoms with Gasteiger partial charge >= 0.3 is 0 Å². The molecular weight excluding hydrogens is 164 g/mol. The molecule has 3 nitrogen and oxygen atoms in total. The lowest BCUT2D eigenvalue weighted by atomic mass is 10.4. The van der Waals surface area contributed by atoms with Gasteiger partial charge in [-0.2, -0.15) is 0 Å². The molecule has 1 heterocycles. The van der Waals surface area contributed by atoms with Gasteiger partial charge in [0.1, 0.15) is 5.38 Å². The first-order valence-corrected chi connectivity index (χ1v) is 4.18. The molecule has 0 saturated heterocycles. The Kier molecular flexibility index (Phi) is 1.60. The number of alkyl halides is 1. The number of halogens is 1. The SMILES string of the molecule is CC(Cl)c1nnc(C2CC2)o1. The van der Waals surface area contributed by atoms with Gasteiger partial charge in [-0.05, 0) is 19.8 Å². The zero-order valence-electron chi connectivity index (χ0n) is 6.25. The van der Waals surface area contributed by atoms with Crippen molar-refractivity contribution in [2.75, 3.05) is 0 Å².